The van der Waals surface area contributed by atoms with Crippen LogP contribution in [0.1, 0.15) is 135 Å². The van der Waals surface area contributed by atoms with E-state index in [1.54, 1.807) is 5.56 Å². The molecule has 0 unspecified atom stereocenters. The summed E-state index contributed by atoms with van der Waals surface area (Å²) in [5.41, 5.74) is 13.9. The zero-order chi connectivity index (χ0) is 46.6. The standard InChI is InChI=1S/C54H72N6O5/c1-32(2)47(57-50(62)64-10)34(5)59-30-52(6,7)26-44(59)43-25-38(29-56-43)39-18-19-40(46-41(39)20-23-54(46)21-12-13-22-54)36-16-14-35(15-17-36)37-24-42(55-28-37)45-27-53(8,9)31-60(45)49(61)48(33(3)4)58-51(63)65-11/h14-19,28-29,32-33,44-45,47-48H,5,12-13,20-27,30-31H2,1-4,6-11H3,(H,57,62)(H,58,63)/t44-,45-,47-,48-/m0/s1. The average molecular weight is 885 g/mol. The van der Waals surface area contributed by atoms with Gasteiger partial charge in [0.25, 0.3) is 0 Å². The molecular formula is C54H72N6O5. The number of benzene rings is 2. The van der Waals surface area contributed by atoms with Crippen molar-refractivity contribution < 1.29 is 23.9 Å². The van der Waals surface area contributed by atoms with Crippen LogP contribution < -0.4 is 10.6 Å². The van der Waals surface area contributed by atoms with Gasteiger partial charge in [0.2, 0.25) is 5.91 Å². The van der Waals surface area contributed by atoms with Crippen LogP contribution in [0.2, 0.25) is 0 Å². The number of alkyl carbamates (subject to hydrolysis) is 2. The Kier molecular flexibility index (Phi) is 12.8. The lowest BCUT2D eigenvalue weighted by atomic mass is 9.76. The van der Waals surface area contributed by atoms with Crippen LogP contribution in [0.3, 0.4) is 0 Å². The largest absolute Gasteiger partial charge is 0.453 e. The predicted molar refractivity (Wildman–Crippen MR) is 261 cm³/mol. The van der Waals surface area contributed by atoms with Gasteiger partial charge in [-0.1, -0.05) is 111 Å². The molecule has 2 aromatic carbocycles. The minimum Gasteiger partial charge on any atom is -0.453 e. The fraction of sp³-hybridized carbons (Fsp3) is 0.574. The molecular weight excluding hydrogens is 813 g/mol. The van der Waals surface area contributed by atoms with Gasteiger partial charge in [-0.05, 0) is 111 Å². The number of likely N-dealkylation sites (tertiary alicyclic amines) is 2. The molecule has 2 aliphatic carbocycles. The van der Waals surface area contributed by atoms with Crippen molar-refractivity contribution in [2.24, 2.45) is 32.7 Å². The molecule has 348 valence electrons. The highest BCUT2D eigenvalue weighted by molar-refractivity contribution is 6.04. The average Bonchev–Trinajstić information content (AvgIpc) is 4.15. The minimum absolute atomic E-state index is 0.0698. The smallest absolute Gasteiger partial charge is 0.407 e. The van der Waals surface area contributed by atoms with E-state index < -0.39 is 18.2 Å². The molecule has 1 saturated carbocycles. The highest BCUT2D eigenvalue weighted by atomic mass is 16.5. The normalized spacial score (nSPS) is 23.6. The number of methoxy groups -OCH3 is 2. The Morgan fingerprint density at radius 1 is 0.692 bits per heavy atom. The maximum Gasteiger partial charge on any atom is 0.407 e. The molecule has 0 aromatic heterocycles. The fourth-order valence-electron chi connectivity index (χ4n) is 12.1. The first-order valence-corrected chi connectivity index (χ1v) is 24.1. The Morgan fingerprint density at radius 3 is 1.78 bits per heavy atom. The fourth-order valence-corrected chi connectivity index (χ4v) is 12.1. The maximum atomic E-state index is 14.0. The number of ether oxygens (including phenoxy) is 2. The lowest BCUT2D eigenvalue weighted by Gasteiger charge is -2.35. The third-order valence-electron chi connectivity index (χ3n) is 15.4. The highest BCUT2D eigenvalue weighted by Crippen LogP contribution is 2.55. The zero-order valence-corrected chi connectivity index (χ0v) is 40.6. The van der Waals surface area contributed by atoms with Crippen LogP contribution >= 0.6 is 0 Å². The van der Waals surface area contributed by atoms with E-state index in [-0.39, 0.29) is 52.1 Å². The van der Waals surface area contributed by atoms with Crippen molar-refractivity contribution in [3.63, 3.8) is 0 Å². The molecule has 4 atom stereocenters. The Balaban J connectivity index is 1.01. The van der Waals surface area contributed by atoms with Crippen molar-refractivity contribution in [1.82, 2.24) is 20.4 Å². The molecule has 6 aliphatic rings. The monoisotopic (exact) mass is 885 g/mol. The van der Waals surface area contributed by atoms with Crippen molar-refractivity contribution in [3.05, 3.63) is 83.3 Å². The summed E-state index contributed by atoms with van der Waals surface area (Å²) in [6, 6.07) is 12.9. The van der Waals surface area contributed by atoms with Gasteiger partial charge >= 0.3 is 12.2 Å². The summed E-state index contributed by atoms with van der Waals surface area (Å²) in [6.07, 6.45) is 13.7. The molecule has 65 heavy (non-hydrogen) atoms. The van der Waals surface area contributed by atoms with Crippen LogP contribution in [0.25, 0.3) is 22.3 Å². The van der Waals surface area contributed by atoms with Crippen LogP contribution in [-0.4, -0.2) is 90.8 Å². The Morgan fingerprint density at radius 2 is 1.20 bits per heavy atom. The van der Waals surface area contributed by atoms with Crippen LogP contribution in [0.5, 0.6) is 0 Å². The number of allylic oxidation sites excluding steroid dienone is 2. The third-order valence-corrected chi connectivity index (χ3v) is 15.4. The van der Waals surface area contributed by atoms with Gasteiger partial charge in [0.1, 0.15) is 6.04 Å². The van der Waals surface area contributed by atoms with Crippen molar-refractivity contribution in [2.75, 3.05) is 27.3 Å². The first kappa shape index (κ1) is 46.3. The van der Waals surface area contributed by atoms with Gasteiger partial charge in [0.05, 0.1) is 32.3 Å². The van der Waals surface area contributed by atoms with Crippen molar-refractivity contribution in [2.45, 2.75) is 149 Å². The quantitative estimate of drug-likeness (QED) is 0.219. The number of aliphatic imine (C=N–C) groups is 2. The SMILES string of the molecule is C=C([C@@H](NC(=O)OC)C(C)C)N1CC(C)(C)C[C@H]1C1=NC=C(c2ccc(-c3ccc(C4=CN=C([C@@H]5CC(C)(C)CN5C(=O)[C@@H](NC(=O)OC)C(C)C)C4)cc3)c3c2CCC32CCCC2)C1. The molecule has 2 N–H and O–H groups in total. The number of nitrogens with zero attached hydrogens (tertiary/aromatic N) is 4. The van der Waals surface area contributed by atoms with Crippen molar-refractivity contribution >= 4 is 40.7 Å². The summed E-state index contributed by atoms with van der Waals surface area (Å²) >= 11 is 0. The van der Waals surface area contributed by atoms with E-state index in [0.717, 1.165) is 54.8 Å². The predicted octanol–water partition coefficient (Wildman–Crippen LogP) is 10.5. The highest BCUT2D eigenvalue weighted by Gasteiger charge is 2.47. The molecule has 4 aliphatic heterocycles. The number of nitrogens with one attached hydrogen (secondary N) is 2. The number of carbonyl (C=O) groups is 3. The Bertz CT molecular complexity index is 2350. The van der Waals surface area contributed by atoms with Gasteiger partial charge in [0, 0.05) is 55.5 Å². The molecule has 4 heterocycles. The van der Waals surface area contributed by atoms with Gasteiger partial charge in [-0.2, -0.15) is 0 Å². The molecule has 0 bridgehead atoms. The van der Waals surface area contributed by atoms with E-state index in [9.17, 15) is 14.4 Å². The van der Waals surface area contributed by atoms with Crippen LogP contribution in [-0.2, 0) is 26.1 Å². The third kappa shape index (κ3) is 9.05. The van der Waals surface area contributed by atoms with Crippen LogP contribution in [0.15, 0.2) is 71.1 Å². The van der Waals surface area contributed by atoms with Crippen LogP contribution in [0, 0.1) is 22.7 Å². The van der Waals surface area contributed by atoms with Gasteiger partial charge < -0.3 is 29.9 Å². The molecule has 3 amide bonds. The molecule has 2 aromatic rings. The lowest BCUT2D eigenvalue weighted by Crippen LogP contribution is -2.53. The van der Waals surface area contributed by atoms with Crippen LogP contribution in [0.4, 0.5) is 9.59 Å². The minimum atomic E-state index is -0.677. The van der Waals surface area contributed by atoms with E-state index in [1.807, 2.05) is 24.9 Å². The van der Waals surface area contributed by atoms with Gasteiger partial charge in [-0.3, -0.25) is 14.8 Å². The number of amides is 3. The summed E-state index contributed by atoms with van der Waals surface area (Å²) < 4.78 is 9.86. The van der Waals surface area contributed by atoms with Gasteiger partial charge in [-0.25, -0.2) is 9.59 Å². The second-order valence-corrected chi connectivity index (χ2v) is 22.1. The molecule has 2 saturated heterocycles. The van der Waals surface area contributed by atoms with Crippen molar-refractivity contribution in [1.29, 1.82) is 0 Å². The summed E-state index contributed by atoms with van der Waals surface area (Å²) in [5.74, 6) is -0.0363. The van der Waals surface area contributed by atoms with E-state index in [4.69, 9.17) is 19.5 Å². The van der Waals surface area contributed by atoms with E-state index in [0.29, 0.717) is 13.0 Å². The number of hydrogen-bond acceptors (Lipinski definition) is 8. The molecule has 8 rings (SSSR count). The molecule has 11 heteroatoms. The van der Waals surface area contributed by atoms with E-state index >= 15 is 0 Å². The number of fused-ring (bicyclic) bond motifs is 2. The second kappa shape index (κ2) is 17.9. The van der Waals surface area contributed by atoms with Gasteiger partial charge in [-0.15, -0.1) is 0 Å². The number of hydrogen-bond donors (Lipinski definition) is 2. The first-order chi connectivity index (χ1) is 30.8. The first-order valence-electron chi connectivity index (χ1n) is 24.1. The molecule has 1 spiro atoms. The molecule has 11 nitrogen and oxygen atoms in total. The molecule has 0 radical (unpaired) electrons. The Hall–Kier alpha value is -5.19. The Labute approximate surface area is 387 Å². The van der Waals surface area contributed by atoms with Crippen molar-refractivity contribution in [3.8, 4) is 11.1 Å². The van der Waals surface area contributed by atoms with Gasteiger partial charge in [0.15, 0.2) is 0 Å². The number of rotatable bonds is 12. The zero-order valence-electron chi connectivity index (χ0n) is 40.6. The lowest BCUT2D eigenvalue weighted by molar-refractivity contribution is -0.134. The topological polar surface area (TPSA) is 125 Å². The summed E-state index contributed by atoms with van der Waals surface area (Å²) in [5, 5.41) is 5.83. The number of carbonyl (C=O) groups excluding carboxylic acids is 3. The summed E-state index contributed by atoms with van der Waals surface area (Å²) in [4.78, 5) is 53.1. The maximum absolute atomic E-state index is 14.0. The van der Waals surface area contributed by atoms with E-state index in [1.165, 1.54) is 79.9 Å². The van der Waals surface area contributed by atoms with E-state index in [2.05, 4.69) is 106 Å². The summed E-state index contributed by atoms with van der Waals surface area (Å²) in [7, 11) is 2.73. The second-order valence-electron chi connectivity index (χ2n) is 22.1. The summed E-state index contributed by atoms with van der Waals surface area (Å²) in [6.45, 7) is 23.2. The molecule has 3 fully saturated rings.